The number of nitrogens with zero attached hydrogens (tertiary/aromatic N) is 6. The first kappa shape index (κ1) is 21.0. The maximum atomic E-state index is 13.6. The summed E-state index contributed by atoms with van der Waals surface area (Å²) >= 11 is 6.35. The number of hydrogen-bond donors (Lipinski definition) is 2. The minimum Gasteiger partial charge on any atom is -0.352 e. The van der Waals surface area contributed by atoms with Gasteiger partial charge in [-0.15, -0.1) is 0 Å². The summed E-state index contributed by atoms with van der Waals surface area (Å²) in [5, 5.41) is 5.58. The first-order valence-corrected chi connectivity index (χ1v) is 10.6. The quantitative estimate of drug-likeness (QED) is 0.471. The average Bonchev–Trinajstić information content (AvgIpc) is 2.82. The van der Waals surface area contributed by atoms with Crippen molar-refractivity contribution in [2.24, 2.45) is 0 Å². The molecule has 0 aliphatic carbocycles. The molecule has 4 heterocycles. The van der Waals surface area contributed by atoms with E-state index in [0.717, 1.165) is 0 Å². The van der Waals surface area contributed by atoms with Gasteiger partial charge in [0.05, 0.1) is 34.5 Å². The Morgan fingerprint density at radius 1 is 1.18 bits per heavy atom. The van der Waals surface area contributed by atoms with Crippen molar-refractivity contribution in [1.82, 2.24) is 29.4 Å². The van der Waals surface area contributed by atoms with Crippen LogP contribution in [0.15, 0.2) is 53.8 Å². The Hall–Kier alpha value is -3.89. The van der Waals surface area contributed by atoms with Crippen molar-refractivity contribution in [1.29, 1.82) is 0 Å². The molecule has 0 spiro atoms. The van der Waals surface area contributed by atoms with Crippen LogP contribution in [0.3, 0.4) is 0 Å². The Balaban J connectivity index is 1.67. The van der Waals surface area contributed by atoms with Gasteiger partial charge in [-0.1, -0.05) is 17.7 Å². The van der Waals surface area contributed by atoms with Crippen molar-refractivity contribution >= 4 is 40.0 Å². The fraction of sp³-hybridized carbons (Fsp3) is 0.182. The van der Waals surface area contributed by atoms with E-state index in [2.05, 4.69) is 20.3 Å². The van der Waals surface area contributed by atoms with Crippen molar-refractivity contribution in [3.05, 3.63) is 75.8 Å². The van der Waals surface area contributed by atoms with Gasteiger partial charge in [0.2, 0.25) is 5.82 Å². The highest BCUT2D eigenvalue weighted by Gasteiger charge is 2.31. The molecule has 3 N–H and O–H groups in total. The van der Waals surface area contributed by atoms with E-state index in [4.69, 9.17) is 16.6 Å². The number of nitrogens with two attached hydrogens (primary N) is 1. The van der Waals surface area contributed by atoms with Gasteiger partial charge in [0, 0.05) is 13.2 Å². The number of halogens is 1. The molecular weight excluding hydrogens is 444 g/mol. The number of rotatable bonds is 4. The average molecular weight is 464 g/mol. The summed E-state index contributed by atoms with van der Waals surface area (Å²) in [4.78, 5) is 45.4. The lowest BCUT2D eigenvalue weighted by Gasteiger charge is -2.25. The Morgan fingerprint density at radius 3 is 2.82 bits per heavy atom. The standard InChI is InChI=1S/C22H19ClN8O2/c1-12(28-19-17-18(25-10-26-19)27-11-30(2)21(17)32)20-29-15-7-3-6-14(23)16(15)22(33)31(20)13-5-4-8-24-9-13/h3-10,12H,11H2,1-2H3,(H2,25,26,27,28)/p+1. The van der Waals surface area contributed by atoms with Gasteiger partial charge < -0.3 is 10.2 Å². The summed E-state index contributed by atoms with van der Waals surface area (Å²) in [6.07, 6.45) is 4.63. The number of amides is 1. The summed E-state index contributed by atoms with van der Waals surface area (Å²) in [7, 11) is 1.70. The highest BCUT2D eigenvalue weighted by atomic mass is 35.5. The Kier molecular flexibility index (Phi) is 5.23. The molecule has 166 valence electrons. The number of nitrogens with one attached hydrogen (secondary N) is 1. The third-order valence-electron chi connectivity index (χ3n) is 5.51. The smallest absolute Gasteiger partial charge is 0.267 e. The molecule has 33 heavy (non-hydrogen) atoms. The number of anilines is 1. The summed E-state index contributed by atoms with van der Waals surface area (Å²) in [6, 6.07) is 8.31. The molecular formula is C22H20ClN8O2+. The molecule has 1 aromatic carbocycles. The topological polar surface area (TPSA) is 123 Å². The van der Waals surface area contributed by atoms with Crippen LogP contribution < -0.4 is 16.2 Å². The zero-order chi connectivity index (χ0) is 23.1. The van der Waals surface area contributed by atoms with Gasteiger partial charge in [-0.3, -0.25) is 24.5 Å². The zero-order valence-corrected chi connectivity index (χ0v) is 18.6. The molecule has 11 heteroatoms. The number of benzene rings is 1. The lowest BCUT2D eigenvalue weighted by molar-refractivity contribution is -0.619. The molecule has 3 aromatic heterocycles. The predicted octanol–water partition coefficient (Wildman–Crippen LogP) is 1.64. The van der Waals surface area contributed by atoms with Gasteiger partial charge in [0.1, 0.15) is 18.2 Å². The number of pyridine rings is 1. The van der Waals surface area contributed by atoms with E-state index in [1.54, 1.807) is 54.7 Å². The van der Waals surface area contributed by atoms with Crippen molar-refractivity contribution in [3.8, 4) is 5.69 Å². The van der Waals surface area contributed by atoms with E-state index in [-0.39, 0.29) is 17.5 Å². The van der Waals surface area contributed by atoms with Crippen LogP contribution in [0.4, 0.5) is 11.6 Å². The van der Waals surface area contributed by atoms with E-state index < -0.39 is 0 Å². The zero-order valence-electron chi connectivity index (χ0n) is 17.9. The van der Waals surface area contributed by atoms with Gasteiger partial charge >= 0.3 is 0 Å². The highest BCUT2D eigenvalue weighted by Crippen LogP contribution is 2.24. The fourth-order valence-electron chi connectivity index (χ4n) is 3.89. The SMILES string of the molecule is CC([NH2+]c1ncnc2c1C(=O)N(C)CN2)c1nc2cccc(Cl)c2c(=O)n1-c1cccnc1. The molecule has 1 aliphatic rings. The van der Waals surface area contributed by atoms with E-state index in [0.29, 0.717) is 51.3 Å². The van der Waals surface area contributed by atoms with E-state index in [9.17, 15) is 9.59 Å². The normalized spacial score (nSPS) is 14.2. The second-order valence-electron chi connectivity index (χ2n) is 7.73. The summed E-state index contributed by atoms with van der Waals surface area (Å²) in [6.45, 7) is 2.26. The van der Waals surface area contributed by atoms with Crippen molar-refractivity contribution in [3.63, 3.8) is 0 Å². The second kappa shape index (κ2) is 8.23. The molecule has 1 atom stereocenters. The van der Waals surface area contributed by atoms with Crippen molar-refractivity contribution in [2.45, 2.75) is 13.0 Å². The molecule has 5 rings (SSSR count). The van der Waals surface area contributed by atoms with Crippen LogP contribution in [-0.2, 0) is 0 Å². The number of fused-ring (bicyclic) bond motifs is 2. The molecule has 1 aliphatic heterocycles. The molecule has 0 fully saturated rings. The third-order valence-corrected chi connectivity index (χ3v) is 5.83. The number of aromatic nitrogens is 5. The minimum absolute atomic E-state index is 0.175. The molecule has 1 unspecified atom stereocenters. The first-order valence-electron chi connectivity index (χ1n) is 10.3. The summed E-state index contributed by atoms with van der Waals surface area (Å²) < 4.78 is 1.50. The lowest BCUT2D eigenvalue weighted by Crippen LogP contribution is -2.80. The number of carbonyl (C=O) groups is 1. The summed E-state index contributed by atoms with van der Waals surface area (Å²) in [5.41, 5.74) is 1.15. The van der Waals surface area contributed by atoms with Crippen molar-refractivity contribution < 1.29 is 10.1 Å². The van der Waals surface area contributed by atoms with Gasteiger partial charge in [-0.05, 0) is 31.2 Å². The Labute approximate surface area is 193 Å². The maximum absolute atomic E-state index is 13.6. The number of quaternary nitrogens is 1. The molecule has 0 bridgehead atoms. The second-order valence-corrected chi connectivity index (χ2v) is 8.14. The van der Waals surface area contributed by atoms with Crippen LogP contribution in [-0.4, -0.2) is 49.0 Å². The molecule has 4 aromatic rings. The molecule has 0 radical (unpaired) electrons. The fourth-order valence-corrected chi connectivity index (χ4v) is 4.14. The van der Waals surface area contributed by atoms with E-state index in [1.807, 2.05) is 12.2 Å². The largest absolute Gasteiger partial charge is 0.352 e. The Bertz CT molecular complexity index is 1440. The highest BCUT2D eigenvalue weighted by molar-refractivity contribution is 6.35. The molecule has 0 saturated carbocycles. The van der Waals surface area contributed by atoms with Crippen molar-refractivity contribution in [2.75, 3.05) is 19.0 Å². The van der Waals surface area contributed by atoms with Gasteiger partial charge in [0.25, 0.3) is 11.5 Å². The maximum Gasteiger partial charge on any atom is 0.267 e. The third kappa shape index (κ3) is 3.59. The molecule has 10 nitrogen and oxygen atoms in total. The van der Waals surface area contributed by atoms with Gasteiger partial charge in [-0.25, -0.2) is 9.97 Å². The predicted molar refractivity (Wildman–Crippen MR) is 123 cm³/mol. The van der Waals surface area contributed by atoms with Crippen LogP contribution in [0.1, 0.15) is 29.1 Å². The van der Waals surface area contributed by atoms with Crippen LogP contribution >= 0.6 is 11.6 Å². The number of carbonyl (C=O) groups excluding carboxylic acids is 1. The first-order chi connectivity index (χ1) is 16.0. The van der Waals surface area contributed by atoms with Crippen LogP contribution in [0.5, 0.6) is 0 Å². The van der Waals surface area contributed by atoms with E-state index >= 15 is 0 Å². The lowest BCUT2D eigenvalue weighted by atomic mass is 10.1. The minimum atomic E-state index is -0.389. The number of hydrogen-bond acceptors (Lipinski definition) is 7. The molecule has 1 amide bonds. The Morgan fingerprint density at radius 2 is 2.03 bits per heavy atom. The van der Waals surface area contributed by atoms with Crippen LogP contribution in [0.2, 0.25) is 5.02 Å². The monoisotopic (exact) mass is 463 g/mol. The van der Waals surface area contributed by atoms with E-state index in [1.165, 1.54) is 10.9 Å². The molecule has 0 saturated heterocycles. The van der Waals surface area contributed by atoms with Gasteiger partial charge in [-0.2, -0.15) is 4.98 Å². The van der Waals surface area contributed by atoms with Gasteiger partial charge in [0.15, 0.2) is 11.4 Å². The summed E-state index contributed by atoms with van der Waals surface area (Å²) in [5.74, 6) is 1.24. The van der Waals surface area contributed by atoms with Crippen LogP contribution in [0, 0.1) is 0 Å². The van der Waals surface area contributed by atoms with Crippen LogP contribution in [0.25, 0.3) is 16.6 Å².